The predicted octanol–water partition coefficient (Wildman–Crippen LogP) is 3.76. The zero-order valence-corrected chi connectivity index (χ0v) is 13.0. The number of hydrogen-bond donors (Lipinski definition) is 1. The molecule has 0 atom stereocenters. The molecule has 112 valence electrons. The van der Waals surface area contributed by atoms with Gasteiger partial charge in [0, 0.05) is 18.7 Å². The molecule has 1 saturated carbocycles. The molecule has 1 aliphatic rings. The van der Waals surface area contributed by atoms with Gasteiger partial charge in [-0.15, -0.1) is 0 Å². The first kappa shape index (κ1) is 15.2. The highest BCUT2D eigenvalue weighted by atomic mass is 16.5. The third kappa shape index (κ3) is 3.45. The summed E-state index contributed by atoms with van der Waals surface area (Å²) in [5, 5.41) is 3.63. The van der Waals surface area contributed by atoms with Crippen LogP contribution in [-0.4, -0.2) is 20.8 Å². The topological polar surface area (TPSA) is 30.5 Å². The van der Waals surface area contributed by atoms with E-state index in [1.165, 1.54) is 32.1 Å². The van der Waals surface area contributed by atoms with Gasteiger partial charge in [-0.1, -0.05) is 19.8 Å². The van der Waals surface area contributed by atoms with Crippen molar-refractivity contribution in [2.24, 2.45) is 5.41 Å². The molecule has 1 N–H and O–H groups in total. The molecule has 0 saturated heterocycles. The minimum absolute atomic E-state index is 0.520. The average molecular weight is 277 g/mol. The van der Waals surface area contributed by atoms with Crippen LogP contribution in [0.3, 0.4) is 0 Å². The van der Waals surface area contributed by atoms with Gasteiger partial charge in [0.15, 0.2) is 0 Å². The number of rotatable bonds is 7. The van der Waals surface area contributed by atoms with Gasteiger partial charge in [-0.2, -0.15) is 0 Å². The summed E-state index contributed by atoms with van der Waals surface area (Å²) in [6.45, 7) is 4.26. The van der Waals surface area contributed by atoms with Gasteiger partial charge in [0.05, 0.1) is 14.2 Å². The normalized spacial score (nSPS) is 17.1. The lowest BCUT2D eigenvalue weighted by atomic mass is 9.83. The first-order valence-corrected chi connectivity index (χ1v) is 7.64. The Hall–Kier alpha value is -1.22. The van der Waals surface area contributed by atoms with Crippen LogP contribution in [0.1, 0.15) is 44.6 Å². The molecule has 3 nitrogen and oxygen atoms in total. The SMILES string of the molecule is CCC1(CNCc2cc(OC)ccc2OC)CCCC1. The zero-order valence-electron chi connectivity index (χ0n) is 13.0. The van der Waals surface area contributed by atoms with Gasteiger partial charge in [-0.25, -0.2) is 0 Å². The van der Waals surface area contributed by atoms with Crippen LogP contribution in [0.5, 0.6) is 11.5 Å². The number of hydrogen-bond acceptors (Lipinski definition) is 3. The van der Waals surface area contributed by atoms with Gasteiger partial charge in [0.2, 0.25) is 0 Å². The molecule has 0 spiro atoms. The molecule has 0 amide bonds. The molecule has 1 aromatic rings. The highest BCUT2D eigenvalue weighted by molar-refractivity contribution is 5.40. The Balaban J connectivity index is 1.96. The maximum Gasteiger partial charge on any atom is 0.123 e. The van der Waals surface area contributed by atoms with Gasteiger partial charge in [0.25, 0.3) is 0 Å². The van der Waals surface area contributed by atoms with Crippen LogP contribution in [0.2, 0.25) is 0 Å². The van der Waals surface area contributed by atoms with Crippen LogP contribution in [0.4, 0.5) is 0 Å². The minimum Gasteiger partial charge on any atom is -0.497 e. The summed E-state index contributed by atoms with van der Waals surface area (Å²) in [5.74, 6) is 1.81. The van der Waals surface area contributed by atoms with E-state index in [4.69, 9.17) is 9.47 Å². The maximum absolute atomic E-state index is 5.42. The van der Waals surface area contributed by atoms with Crippen LogP contribution in [0.15, 0.2) is 18.2 Å². The van der Waals surface area contributed by atoms with E-state index in [-0.39, 0.29) is 0 Å². The van der Waals surface area contributed by atoms with E-state index in [1.807, 2.05) is 12.1 Å². The maximum atomic E-state index is 5.42. The smallest absolute Gasteiger partial charge is 0.123 e. The van der Waals surface area contributed by atoms with Gasteiger partial charge < -0.3 is 14.8 Å². The predicted molar refractivity (Wildman–Crippen MR) is 82.4 cm³/mol. The fraction of sp³-hybridized carbons (Fsp3) is 0.647. The van der Waals surface area contributed by atoms with E-state index in [0.29, 0.717) is 5.41 Å². The lowest BCUT2D eigenvalue weighted by Gasteiger charge is -2.28. The Kier molecular flexibility index (Phi) is 5.30. The molecule has 2 rings (SSSR count). The lowest BCUT2D eigenvalue weighted by Crippen LogP contribution is -2.31. The summed E-state index contributed by atoms with van der Waals surface area (Å²) in [6.07, 6.45) is 6.78. The molecule has 1 aromatic carbocycles. The van der Waals surface area contributed by atoms with Crippen molar-refractivity contribution in [1.82, 2.24) is 5.32 Å². The summed E-state index contributed by atoms with van der Waals surface area (Å²) >= 11 is 0. The number of nitrogens with one attached hydrogen (secondary N) is 1. The van der Waals surface area contributed by atoms with Crippen LogP contribution in [-0.2, 0) is 6.54 Å². The molecule has 3 heteroatoms. The first-order valence-electron chi connectivity index (χ1n) is 7.64. The van der Waals surface area contributed by atoms with Crippen LogP contribution in [0, 0.1) is 5.41 Å². The van der Waals surface area contributed by atoms with Crippen LogP contribution >= 0.6 is 0 Å². The summed E-state index contributed by atoms with van der Waals surface area (Å²) in [6, 6.07) is 5.97. The van der Waals surface area contributed by atoms with Gasteiger partial charge in [0.1, 0.15) is 11.5 Å². The van der Waals surface area contributed by atoms with Crippen molar-refractivity contribution < 1.29 is 9.47 Å². The fourth-order valence-electron chi connectivity index (χ4n) is 3.26. The number of benzene rings is 1. The third-order valence-electron chi connectivity index (χ3n) is 4.72. The van der Waals surface area contributed by atoms with E-state index in [9.17, 15) is 0 Å². The quantitative estimate of drug-likeness (QED) is 0.823. The van der Waals surface area contributed by atoms with E-state index >= 15 is 0 Å². The highest BCUT2D eigenvalue weighted by Gasteiger charge is 2.31. The molecule has 0 aliphatic heterocycles. The van der Waals surface area contributed by atoms with Gasteiger partial charge in [-0.3, -0.25) is 0 Å². The Morgan fingerprint density at radius 3 is 2.50 bits per heavy atom. The fourth-order valence-corrected chi connectivity index (χ4v) is 3.26. The first-order chi connectivity index (χ1) is 9.73. The molecule has 0 heterocycles. The van der Waals surface area contributed by atoms with Crippen molar-refractivity contribution in [2.45, 2.75) is 45.6 Å². The second-order valence-electron chi connectivity index (χ2n) is 5.84. The van der Waals surface area contributed by atoms with Crippen molar-refractivity contribution >= 4 is 0 Å². The summed E-state index contributed by atoms with van der Waals surface area (Å²) in [4.78, 5) is 0. The molecule has 0 bridgehead atoms. The molecule has 0 unspecified atom stereocenters. The van der Waals surface area contributed by atoms with E-state index < -0.39 is 0 Å². The Morgan fingerprint density at radius 2 is 1.90 bits per heavy atom. The monoisotopic (exact) mass is 277 g/mol. The third-order valence-corrected chi connectivity index (χ3v) is 4.72. The van der Waals surface area contributed by atoms with Crippen molar-refractivity contribution in [2.75, 3.05) is 20.8 Å². The van der Waals surface area contributed by atoms with E-state index in [2.05, 4.69) is 18.3 Å². The molecular weight excluding hydrogens is 250 g/mol. The summed E-state index contributed by atoms with van der Waals surface area (Å²) in [5.41, 5.74) is 1.68. The van der Waals surface area contributed by atoms with Gasteiger partial charge >= 0.3 is 0 Å². The summed E-state index contributed by atoms with van der Waals surface area (Å²) < 4.78 is 10.7. The van der Waals surface area contributed by atoms with Crippen molar-refractivity contribution in [1.29, 1.82) is 0 Å². The minimum atomic E-state index is 0.520. The standard InChI is InChI=1S/C17H27NO2/c1-4-17(9-5-6-10-17)13-18-12-14-11-15(19-2)7-8-16(14)20-3/h7-8,11,18H,4-6,9-10,12-13H2,1-3H3. The second kappa shape index (κ2) is 6.98. The highest BCUT2D eigenvalue weighted by Crippen LogP contribution is 2.40. The number of methoxy groups -OCH3 is 2. The van der Waals surface area contributed by atoms with Crippen LogP contribution in [0.25, 0.3) is 0 Å². The Morgan fingerprint density at radius 1 is 1.15 bits per heavy atom. The van der Waals surface area contributed by atoms with Gasteiger partial charge in [-0.05, 0) is 42.9 Å². The van der Waals surface area contributed by atoms with Crippen LogP contribution < -0.4 is 14.8 Å². The van der Waals surface area contributed by atoms with Crippen molar-refractivity contribution in [3.05, 3.63) is 23.8 Å². The lowest BCUT2D eigenvalue weighted by molar-refractivity contribution is 0.267. The molecular formula is C17H27NO2. The molecule has 1 aliphatic carbocycles. The van der Waals surface area contributed by atoms with E-state index in [1.54, 1.807) is 14.2 Å². The molecule has 1 fully saturated rings. The zero-order chi connectivity index (χ0) is 14.4. The Labute approximate surface area is 122 Å². The largest absolute Gasteiger partial charge is 0.497 e. The second-order valence-corrected chi connectivity index (χ2v) is 5.84. The van der Waals surface area contributed by atoms with Crippen molar-refractivity contribution in [3.63, 3.8) is 0 Å². The van der Waals surface area contributed by atoms with E-state index in [0.717, 1.165) is 30.2 Å². The molecule has 0 radical (unpaired) electrons. The Bertz CT molecular complexity index is 425. The van der Waals surface area contributed by atoms with Crippen molar-refractivity contribution in [3.8, 4) is 11.5 Å². The molecule has 20 heavy (non-hydrogen) atoms. The molecule has 0 aromatic heterocycles. The average Bonchev–Trinajstić information content (AvgIpc) is 2.96. The summed E-state index contributed by atoms with van der Waals surface area (Å²) in [7, 11) is 3.42. The number of ether oxygens (including phenoxy) is 2.